The Labute approximate surface area is 154 Å². The van der Waals surface area contributed by atoms with Crippen molar-refractivity contribution in [3.8, 4) is 0 Å². The number of nitrogens with one attached hydrogen (secondary N) is 1. The van der Waals surface area contributed by atoms with E-state index in [2.05, 4.69) is 20.6 Å². The summed E-state index contributed by atoms with van der Waals surface area (Å²) in [5.41, 5.74) is 1.60. The standard InChI is InChI=1S/C16H17ClN6O3/c1-9-13(15(24)26-3)14(10-4-6-11(17)7-5-10)23(16(25)22(9)2)8-12-18-20-21-19-12/h4-7,14H,8H2,1-3H3,(H,18,19,20,21). The smallest absolute Gasteiger partial charge is 0.337 e. The van der Waals surface area contributed by atoms with E-state index in [0.717, 1.165) is 5.56 Å². The second kappa shape index (κ2) is 7.12. The van der Waals surface area contributed by atoms with Crippen LogP contribution in [0.25, 0.3) is 0 Å². The molecule has 0 saturated heterocycles. The second-order valence-electron chi connectivity index (χ2n) is 5.74. The van der Waals surface area contributed by atoms with Gasteiger partial charge in [0, 0.05) is 17.8 Å². The van der Waals surface area contributed by atoms with Gasteiger partial charge in [0.2, 0.25) is 0 Å². The lowest BCUT2D eigenvalue weighted by molar-refractivity contribution is -0.137. The van der Waals surface area contributed by atoms with Crippen LogP contribution in [0.3, 0.4) is 0 Å². The normalized spacial score (nSPS) is 17.7. The maximum atomic E-state index is 12.9. The minimum Gasteiger partial charge on any atom is -0.466 e. The van der Waals surface area contributed by atoms with E-state index in [9.17, 15) is 9.59 Å². The number of amides is 2. The maximum absolute atomic E-state index is 12.9. The van der Waals surface area contributed by atoms with Gasteiger partial charge >= 0.3 is 12.0 Å². The summed E-state index contributed by atoms with van der Waals surface area (Å²) < 4.78 is 4.97. The Morgan fingerprint density at radius 1 is 1.35 bits per heavy atom. The molecule has 2 amide bonds. The molecule has 136 valence electrons. The summed E-state index contributed by atoms with van der Waals surface area (Å²) in [4.78, 5) is 28.3. The van der Waals surface area contributed by atoms with Crippen LogP contribution in [0.5, 0.6) is 0 Å². The number of esters is 1. The minimum atomic E-state index is -0.665. The van der Waals surface area contributed by atoms with Gasteiger partial charge in [0.15, 0.2) is 5.82 Å². The van der Waals surface area contributed by atoms with Crippen molar-refractivity contribution in [3.63, 3.8) is 0 Å². The zero-order valence-electron chi connectivity index (χ0n) is 14.4. The van der Waals surface area contributed by atoms with E-state index in [1.165, 1.54) is 16.9 Å². The molecule has 0 saturated carbocycles. The molecule has 10 heteroatoms. The Morgan fingerprint density at radius 2 is 2.04 bits per heavy atom. The summed E-state index contributed by atoms with van der Waals surface area (Å²) in [6.45, 7) is 1.78. The molecule has 3 rings (SSSR count). The topological polar surface area (TPSA) is 104 Å². The third kappa shape index (κ3) is 3.13. The van der Waals surface area contributed by atoms with Crippen LogP contribution in [0.1, 0.15) is 24.4 Å². The number of tetrazole rings is 1. The number of allylic oxidation sites excluding steroid dienone is 1. The summed E-state index contributed by atoms with van der Waals surface area (Å²) in [6, 6.07) is 5.99. The number of carbonyl (C=O) groups is 2. The number of aromatic amines is 1. The Hall–Kier alpha value is -2.94. The number of aromatic nitrogens is 4. The van der Waals surface area contributed by atoms with Crippen LogP contribution in [0.15, 0.2) is 35.5 Å². The Kier molecular flexibility index (Phi) is 4.90. The average molecular weight is 377 g/mol. The molecule has 0 aliphatic carbocycles. The third-order valence-electron chi connectivity index (χ3n) is 4.30. The Bertz CT molecular complexity index is 849. The molecular weight excluding hydrogens is 360 g/mol. The van der Waals surface area contributed by atoms with Crippen LogP contribution < -0.4 is 0 Å². The average Bonchev–Trinajstić information content (AvgIpc) is 3.15. The van der Waals surface area contributed by atoms with Crippen molar-refractivity contribution in [1.82, 2.24) is 30.4 Å². The monoisotopic (exact) mass is 376 g/mol. The number of hydrogen-bond donors (Lipinski definition) is 1. The molecule has 0 fully saturated rings. The highest BCUT2D eigenvalue weighted by atomic mass is 35.5. The highest BCUT2D eigenvalue weighted by Crippen LogP contribution is 2.38. The van der Waals surface area contributed by atoms with Crippen molar-refractivity contribution in [2.45, 2.75) is 19.5 Å². The van der Waals surface area contributed by atoms with E-state index in [0.29, 0.717) is 22.1 Å². The lowest BCUT2D eigenvalue weighted by Gasteiger charge is -2.41. The van der Waals surface area contributed by atoms with Crippen molar-refractivity contribution >= 4 is 23.6 Å². The summed E-state index contributed by atoms with van der Waals surface area (Å²) in [5, 5.41) is 14.2. The van der Waals surface area contributed by atoms with E-state index in [1.54, 1.807) is 38.2 Å². The zero-order chi connectivity index (χ0) is 18.8. The van der Waals surface area contributed by atoms with E-state index in [1.807, 2.05) is 0 Å². The van der Waals surface area contributed by atoms with E-state index >= 15 is 0 Å². The molecule has 1 N–H and O–H groups in total. The lowest BCUT2D eigenvalue weighted by Crippen LogP contribution is -2.49. The van der Waals surface area contributed by atoms with E-state index < -0.39 is 12.0 Å². The number of ether oxygens (including phenoxy) is 1. The van der Waals surface area contributed by atoms with E-state index in [4.69, 9.17) is 16.3 Å². The summed E-state index contributed by atoms with van der Waals surface area (Å²) in [5.74, 6) is -0.186. The summed E-state index contributed by atoms with van der Waals surface area (Å²) >= 11 is 5.98. The number of urea groups is 1. The van der Waals surface area contributed by atoms with E-state index in [-0.39, 0.29) is 12.6 Å². The van der Waals surface area contributed by atoms with Crippen molar-refractivity contribution in [1.29, 1.82) is 0 Å². The maximum Gasteiger partial charge on any atom is 0.337 e. The van der Waals surface area contributed by atoms with Crippen molar-refractivity contribution in [2.24, 2.45) is 0 Å². The fourth-order valence-electron chi connectivity index (χ4n) is 2.90. The van der Waals surface area contributed by atoms with Crippen molar-refractivity contribution in [3.05, 3.63) is 51.9 Å². The van der Waals surface area contributed by atoms with Gasteiger partial charge in [-0.25, -0.2) is 9.59 Å². The molecule has 1 unspecified atom stereocenters. The molecule has 1 aromatic heterocycles. The number of H-pyrrole nitrogens is 1. The molecule has 1 aliphatic heterocycles. The molecule has 9 nitrogen and oxygen atoms in total. The number of hydrogen-bond acceptors (Lipinski definition) is 6. The predicted molar refractivity (Wildman–Crippen MR) is 91.8 cm³/mol. The fraction of sp³-hybridized carbons (Fsp3) is 0.312. The molecular formula is C16H17ClN6O3. The third-order valence-corrected chi connectivity index (χ3v) is 4.55. The van der Waals surface area contributed by atoms with Gasteiger partial charge in [0.1, 0.15) is 0 Å². The number of carbonyl (C=O) groups excluding carboxylic acids is 2. The molecule has 1 atom stereocenters. The summed E-state index contributed by atoms with van der Waals surface area (Å²) in [6.07, 6.45) is 0. The quantitative estimate of drug-likeness (QED) is 0.817. The first-order chi connectivity index (χ1) is 12.4. The molecule has 0 spiro atoms. The molecule has 2 heterocycles. The minimum absolute atomic E-state index is 0.0702. The number of nitrogens with zero attached hydrogens (tertiary/aromatic N) is 5. The van der Waals surface area contributed by atoms with Crippen LogP contribution in [0.2, 0.25) is 5.02 Å². The molecule has 0 radical (unpaired) electrons. The zero-order valence-corrected chi connectivity index (χ0v) is 15.2. The van der Waals surface area contributed by atoms with Gasteiger partial charge in [-0.3, -0.25) is 0 Å². The van der Waals surface area contributed by atoms with Crippen molar-refractivity contribution in [2.75, 3.05) is 14.2 Å². The first-order valence-electron chi connectivity index (χ1n) is 7.75. The van der Waals surface area contributed by atoms with Gasteiger partial charge < -0.3 is 14.5 Å². The van der Waals surface area contributed by atoms with Crippen molar-refractivity contribution < 1.29 is 14.3 Å². The van der Waals surface area contributed by atoms with Crippen LogP contribution in [0, 0.1) is 0 Å². The van der Waals surface area contributed by atoms with Gasteiger partial charge in [0.05, 0.1) is 25.3 Å². The fourth-order valence-corrected chi connectivity index (χ4v) is 3.03. The number of methoxy groups -OCH3 is 1. The highest BCUT2D eigenvalue weighted by molar-refractivity contribution is 6.30. The van der Waals surface area contributed by atoms with Crippen LogP contribution in [0.4, 0.5) is 4.79 Å². The van der Waals surface area contributed by atoms with Crippen LogP contribution in [-0.4, -0.2) is 56.6 Å². The van der Waals surface area contributed by atoms with Crippen LogP contribution in [-0.2, 0) is 16.1 Å². The Morgan fingerprint density at radius 3 is 2.62 bits per heavy atom. The largest absolute Gasteiger partial charge is 0.466 e. The van der Waals surface area contributed by atoms with Gasteiger partial charge in [-0.15, -0.1) is 10.2 Å². The predicted octanol–water partition coefficient (Wildman–Crippen LogP) is 1.91. The highest BCUT2D eigenvalue weighted by Gasteiger charge is 2.41. The first kappa shape index (κ1) is 17.9. The Balaban J connectivity index is 2.15. The summed E-state index contributed by atoms with van der Waals surface area (Å²) in [7, 11) is 2.91. The SMILES string of the molecule is COC(=O)C1=C(C)N(C)C(=O)N(Cc2nn[nH]n2)C1c1ccc(Cl)cc1. The second-order valence-corrected chi connectivity index (χ2v) is 6.18. The molecule has 2 aromatic rings. The van der Waals surface area contributed by atoms with Gasteiger partial charge in [-0.05, 0) is 24.6 Å². The number of halogens is 1. The molecule has 26 heavy (non-hydrogen) atoms. The van der Waals surface area contributed by atoms with Gasteiger partial charge in [-0.2, -0.15) is 5.21 Å². The van der Waals surface area contributed by atoms with Crippen LogP contribution >= 0.6 is 11.6 Å². The number of rotatable bonds is 4. The molecule has 1 aromatic carbocycles. The first-order valence-corrected chi connectivity index (χ1v) is 8.13. The molecule has 1 aliphatic rings. The van der Waals surface area contributed by atoms with Gasteiger partial charge in [0.25, 0.3) is 0 Å². The van der Waals surface area contributed by atoms with Gasteiger partial charge in [-0.1, -0.05) is 28.9 Å². The molecule has 0 bridgehead atoms. The lowest BCUT2D eigenvalue weighted by atomic mass is 9.93. The number of benzene rings is 1.